The number of hydrogen-bond donors (Lipinski definition) is 1. The third-order valence-electron chi connectivity index (χ3n) is 3.95. The zero-order valence-electron chi connectivity index (χ0n) is 14.1. The van der Waals surface area contributed by atoms with Crippen LogP contribution < -0.4 is 0 Å². The van der Waals surface area contributed by atoms with Crippen molar-refractivity contribution >= 4 is 11.5 Å². The summed E-state index contributed by atoms with van der Waals surface area (Å²) in [5.41, 5.74) is 3.04. The summed E-state index contributed by atoms with van der Waals surface area (Å²) in [6.45, 7) is 2.24. The van der Waals surface area contributed by atoms with Crippen molar-refractivity contribution < 1.29 is 19.4 Å². The van der Waals surface area contributed by atoms with Gasteiger partial charge < -0.3 is 19.0 Å². The van der Waals surface area contributed by atoms with Crippen molar-refractivity contribution in [3.8, 4) is 0 Å². The summed E-state index contributed by atoms with van der Waals surface area (Å²) < 4.78 is 13.0. The van der Waals surface area contributed by atoms with Gasteiger partial charge >= 0.3 is 5.97 Å². The average Bonchev–Trinajstić information content (AvgIpc) is 3.03. The number of fused-ring (bicyclic) bond motifs is 1. The Kier molecular flexibility index (Phi) is 5.48. The second-order valence-electron chi connectivity index (χ2n) is 5.54. The maximum atomic E-state index is 12.3. The molecule has 1 unspecified atom stereocenters. The third-order valence-corrected chi connectivity index (χ3v) is 3.95. The number of pyridine rings is 1. The fourth-order valence-electron chi connectivity index (χ4n) is 2.90. The first kappa shape index (κ1) is 17.2. The molecular formula is C20H21NO4. The Labute approximate surface area is 146 Å². The summed E-state index contributed by atoms with van der Waals surface area (Å²) >= 11 is 0. The first-order valence-corrected chi connectivity index (χ1v) is 8.30. The SMILES string of the molecule is CCOC(=O)c1cc(C(OCCO)c2ccccc2)n2ccccc12. The van der Waals surface area contributed by atoms with E-state index in [1.165, 1.54) is 0 Å². The molecule has 0 saturated heterocycles. The molecule has 3 rings (SSSR count). The fraction of sp³-hybridized carbons (Fsp3) is 0.250. The molecule has 5 heteroatoms. The lowest BCUT2D eigenvalue weighted by Gasteiger charge is -2.18. The summed E-state index contributed by atoms with van der Waals surface area (Å²) in [7, 11) is 0. The molecule has 0 aliphatic heterocycles. The van der Waals surface area contributed by atoms with Crippen LogP contribution in [-0.4, -0.2) is 35.3 Å². The average molecular weight is 339 g/mol. The Morgan fingerprint density at radius 1 is 1.16 bits per heavy atom. The van der Waals surface area contributed by atoms with Crippen LogP contribution in [0.15, 0.2) is 60.8 Å². The van der Waals surface area contributed by atoms with Crippen molar-refractivity contribution in [2.75, 3.05) is 19.8 Å². The Hall–Kier alpha value is -2.63. The van der Waals surface area contributed by atoms with Crippen LogP contribution in [0, 0.1) is 0 Å². The summed E-state index contributed by atoms with van der Waals surface area (Å²) in [5.74, 6) is -0.355. The van der Waals surface area contributed by atoms with Crippen molar-refractivity contribution in [3.63, 3.8) is 0 Å². The highest BCUT2D eigenvalue weighted by atomic mass is 16.5. The first-order valence-electron chi connectivity index (χ1n) is 8.30. The van der Waals surface area contributed by atoms with Crippen LogP contribution in [0.25, 0.3) is 5.52 Å². The van der Waals surface area contributed by atoms with Crippen LogP contribution in [-0.2, 0) is 9.47 Å². The summed E-state index contributed by atoms with van der Waals surface area (Å²) in [6, 6.07) is 17.2. The molecule has 5 nitrogen and oxygen atoms in total. The van der Waals surface area contributed by atoms with Crippen LogP contribution in [0.1, 0.15) is 34.6 Å². The van der Waals surface area contributed by atoms with E-state index in [1.54, 1.807) is 6.92 Å². The molecule has 0 fully saturated rings. The van der Waals surface area contributed by atoms with Gasteiger partial charge in [0.1, 0.15) is 6.10 Å². The number of esters is 1. The second kappa shape index (κ2) is 7.96. The highest BCUT2D eigenvalue weighted by molar-refractivity contribution is 5.97. The Morgan fingerprint density at radius 3 is 2.64 bits per heavy atom. The van der Waals surface area contributed by atoms with Gasteiger partial charge in [0.2, 0.25) is 0 Å². The van der Waals surface area contributed by atoms with Gasteiger partial charge in [-0.1, -0.05) is 36.4 Å². The van der Waals surface area contributed by atoms with Gasteiger partial charge in [-0.3, -0.25) is 0 Å². The molecule has 25 heavy (non-hydrogen) atoms. The fourth-order valence-corrected chi connectivity index (χ4v) is 2.90. The van der Waals surface area contributed by atoms with Crippen molar-refractivity contribution in [1.29, 1.82) is 0 Å². The number of benzene rings is 1. The lowest BCUT2D eigenvalue weighted by molar-refractivity contribution is 0.0474. The number of carbonyl (C=O) groups excluding carboxylic acids is 1. The quantitative estimate of drug-likeness (QED) is 0.672. The maximum Gasteiger partial charge on any atom is 0.340 e. The number of aliphatic hydroxyl groups is 1. The van der Waals surface area contributed by atoms with Crippen molar-refractivity contribution in [2.45, 2.75) is 13.0 Å². The van der Waals surface area contributed by atoms with Gasteiger partial charge in [0.25, 0.3) is 0 Å². The normalized spacial score (nSPS) is 12.2. The minimum absolute atomic E-state index is 0.0720. The molecule has 0 amide bonds. The molecule has 130 valence electrons. The molecule has 3 aromatic rings. The van der Waals surface area contributed by atoms with Gasteiger partial charge in [0.15, 0.2) is 0 Å². The number of nitrogens with zero attached hydrogens (tertiary/aromatic N) is 1. The van der Waals surface area contributed by atoms with Crippen LogP contribution in [0.2, 0.25) is 0 Å². The number of hydrogen-bond acceptors (Lipinski definition) is 4. The minimum atomic E-state index is -0.397. The molecule has 1 aromatic carbocycles. The number of aliphatic hydroxyl groups excluding tert-OH is 1. The van der Waals surface area contributed by atoms with E-state index in [2.05, 4.69) is 0 Å². The zero-order chi connectivity index (χ0) is 17.6. The standard InChI is InChI=1S/C20H21NO4/c1-2-24-20(23)16-14-18(21-11-7-6-10-17(16)21)19(25-13-12-22)15-8-4-3-5-9-15/h3-11,14,19,22H,2,12-13H2,1H3. The van der Waals surface area contributed by atoms with Crippen LogP contribution in [0.3, 0.4) is 0 Å². The predicted molar refractivity (Wildman–Crippen MR) is 94.7 cm³/mol. The van der Waals surface area contributed by atoms with E-state index in [9.17, 15) is 9.90 Å². The largest absolute Gasteiger partial charge is 0.462 e. The van der Waals surface area contributed by atoms with E-state index in [0.717, 1.165) is 16.8 Å². The molecule has 1 atom stereocenters. The molecule has 0 bridgehead atoms. The van der Waals surface area contributed by atoms with E-state index in [4.69, 9.17) is 9.47 Å². The van der Waals surface area contributed by atoms with Gasteiger partial charge in [-0.25, -0.2) is 4.79 Å². The van der Waals surface area contributed by atoms with Crippen LogP contribution in [0.5, 0.6) is 0 Å². The highest BCUT2D eigenvalue weighted by Crippen LogP contribution is 2.30. The molecule has 0 spiro atoms. The topological polar surface area (TPSA) is 60.2 Å². The Morgan fingerprint density at radius 2 is 1.92 bits per heavy atom. The lowest BCUT2D eigenvalue weighted by atomic mass is 10.1. The van der Waals surface area contributed by atoms with Gasteiger partial charge in [-0.2, -0.15) is 0 Å². The van der Waals surface area contributed by atoms with Gasteiger partial charge in [-0.05, 0) is 30.7 Å². The van der Waals surface area contributed by atoms with E-state index in [-0.39, 0.29) is 19.2 Å². The summed E-state index contributed by atoms with van der Waals surface area (Å²) in [5, 5.41) is 9.18. The molecular weight excluding hydrogens is 318 g/mol. The smallest absolute Gasteiger partial charge is 0.340 e. The molecule has 0 aliphatic carbocycles. The zero-order valence-corrected chi connectivity index (χ0v) is 14.1. The second-order valence-corrected chi connectivity index (χ2v) is 5.54. The van der Waals surface area contributed by atoms with Crippen molar-refractivity contribution in [1.82, 2.24) is 4.40 Å². The van der Waals surface area contributed by atoms with Crippen molar-refractivity contribution in [2.24, 2.45) is 0 Å². The van der Waals surface area contributed by atoms with E-state index in [1.807, 2.05) is 65.2 Å². The molecule has 2 aromatic heterocycles. The van der Waals surface area contributed by atoms with Gasteiger partial charge in [-0.15, -0.1) is 0 Å². The van der Waals surface area contributed by atoms with E-state index < -0.39 is 6.10 Å². The third kappa shape index (κ3) is 3.57. The Bertz CT molecular complexity index is 841. The van der Waals surface area contributed by atoms with Gasteiger partial charge in [0.05, 0.1) is 36.6 Å². The number of carbonyl (C=O) groups is 1. The van der Waals surface area contributed by atoms with Crippen LogP contribution >= 0.6 is 0 Å². The molecule has 0 saturated carbocycles. The summed E-state index contributed by atoms with van der Waals surface area (Å²) in [4.78, 5) is 12.3. The summed E-state index contributed by atoms with van der Waals surface area (Å²) in [6.07, 6.45) is 1.50. The predicted octanol–water partition coefficient (Wildman–Crippen LogP) is 3.21. The van der Waals surface area contributed by atoms with E-state index >= 15 is 0 Å². The number of aromatic nitrogens is 1. The first-order chi connectivity index (χ1) is 12.3. The molecule has 1 N–H and O–H groups in total. The number of rotatable bonds is 7. The lowest BCUT2D eigenvalue weighted by Crippen LogP contribution is -2.11. The molecule has 0 aliphatic rings. The molecule has 2 heterocycles. The molecule has 0 radical (unpaired) electrons. The van der Waals surface area contributed by atoms with Crippen LogP contribution in [0.4, 0.5) is 0 Å². The Balaban J connectivity index is 2.12. The monoisotopic (exact) mass is 339 g/mol. The van der Waals surface area contributed by atoms with Gasteiger partial charge in [0, 0.05) is 6.20 Å². The number of ether oxygens (including phenoxy) is 2. The minimum Gasteiger partial charge on any atom is -0.462 e. The van der Waals surface area contributed by atoms with Crippen molar-refractivity contribution in [3.05, 3.63) is 77.6 Å². The highest BCUT2D eigenvalue weighted by Gasteiger charge is 2.23. The maximum absolute atomic E-state index is 12.3. The van der Waals surface area contributed by atoms with E-state index in [0.29, 0.717) is 12.2 Å².